The highest BCUT2D eigenvalue weighted by Gasteiger charge is 2.15. The van der Waals surface area contributed by atoms with E-state index in [0.717, 1.165) is 35.8 Å². The third kappa shape index (κ3) is 6.04. The maximum absolute atomic E-state index is 13.5. The normalized spacial score (nSPS) is 11.6. The summed E-state index contributed by atoms with van der Waals surface area (Å²) in [7, 11) is -3.45. The number of benzene rings is 3. The first kappa shape index (κ1) is 26.2. The minimum absolute atomic E-state index is 0.104. The number of unbranched alkanes of at least 4 members (excludes halogenated alkanes) is 1. The molecule has 2 aromatic heterocycles. The average Bonchev–Trinajstić information content (AvgIpc) is 3.48. The fourth-order valence-corrected chi connectivity index (χ4v) is 4.89. The van der Waals surface area contributed by atoms with Crippen LogP contribution in [0.5, 0.6) is 5.75 Å². The molecule has 3 aromatic carbocycles. The zero-order valence-corrected chi connectivity index (χ0v) is 22.5. The fraction of sp³-hybridized carbons (Fsp3) is 0.250. The second-order valence-electron chi connectivity index (χ2n) is 9.34. The molecule has 5 rings (SSSR count). The maximum atomic E-state index is 13.5. The van der Waals surface area contributed by atoms with E-state index in [9.17, 15) is 13.2 Å². The zero-order valence-electron chi connectivity index (χ0n) is 21.7. The number of rotatable bonds is 10. The van der Waals surface area contributed by atoms with Crippen LogP contribution in [0.2, 0.25) is 0 Å². The van der Waals surface area contributed by atoms with Crippen molar-refractivity contribution in [2.24, 2.45) is 0 Å². The van der Waals surface area contributed by atoms with Crippen LogP contribution in [0.25, 0.3) is 22.3 Å². The van der Waals surface area contributed by atoms with Gasteiger partial charge >= 0.3 is 0 Å². The van der Waals surface area contributed by atoms with E-state index in [2.05, 4.69) is 27.5 Å². The Labute approximate surface area is 225 Å². The summed E-state index contributed by atoms with van der Waals surface area (Å²) in [4.78, 5) is 18.3. The standard InChI is InChI=1S/C28H28N6O4S/c1-3-4-5-26-29-25-15-14-23(39(2,36)37)16-24(25)28(35)34(26)17-19-8-12-22(13-9-19)38-18-20-6-10-21(11-7-20)27-30-32-33-31-27/h6-16H,3-5,17-18H2,1-2H3,(H,30,31,32,33). The molecule has 11 heteroatoms. The highest BCUT2D eigenvalue weighted by Crippen LogP contribution is 2.20. The lowest BCUT2D eigenvalue weighted by Gasteiger charge is -2.14. The van der Waals surface area contributed by atoms with E-state index in [4.69, 9.17) is 9.72 Å². The number of tetrazole rings is 1. The van der Waals surface area contributed by atoms with Crippen LogP contribution >= 0.6 is 0 Å². The van der Waals surface area contributed by atoms with Crippen LogP contribution in [0.3, 0.4) is 0 Å². The smallest absolute Gasteiger partial charge is 0.261 e. The summed E-state index contributed by atoms with van der Waals surface area (Å²) in [6.45, 7) is 2.80. The molecule has 0 aliphatic heterocycles. The number of H-pyrrole nitrogens is 1. The van der Waals surface area contributed by atoms with Crippen LogP contribution < -0.4 is 10.3 Å². The van der Waals surface area contributed by atoms with Gasteiger partial charge < -0.3 is 4.74 Å². The van der Waals surface area contributed by atoms with Crippen molar-refractivity contribution in [1.29, 1.82) is 0 Å². The van der Waals surface area contributed by atoms with Gasteiger partial charge in [0.15, 0.2) is 9.84 Å². The van der Waals surface area contributed by atoms with E-state index in [-0.39, 0.29) is 10.5 Å². The van der Waals surface area contributed by atoms with Gasteiger partial charge in [0.05, 0.1) is 22.3 Å². The number of sulfone groups is 1. The Hall–Kier alpha value is -4.38. The third-order valence-electron chi connectivity index (χ3n) is 6.41. The first-order valence-electron chi connectivity index (χ1n) is 12.6. The predicted molar refractivity (Wildman–Crippen MR) is 147 cm³/mol. The molecule has 0 spiro atoms. The molecule has 0 aliphatic carbocycles. The lowest BCUT2D eigenvalue weighted by molar-refractivity contribution is 0.306. The number of aromatic nitrogens is 6. The summed E-state index contributed by atoms with van der Waals surface area (Å²) in [6, 6.07) is 19.8. The first-order chi connectivity index (χ1) is 18.8. The number of ether oxygens (including phenoxy) is 1. The van der Waals surface area contributed by atoms with Crippen molar-refractivity contribution in [1.82, 2.24) is 30.2 Å². The number of nitrogens with one attached hydrogen (secondary N) is 1. The highest BCUT2D eigenvalue weighted by atomic mass is 32.2. The Morgan fingerprint density at radius 1 is 0.974 bits per heavy atom. The van der Waals surface area contributed by atoms with Crippen molar-refractivity contribution in [2.75, 3.05) is 6.26 Å². The molecule has 5 aromatic rings. The maximum Gasteiger partial charge on any atom is 0.261 e. The molecule has 0 saturated heterocycles. The van der Waals surface area contributed by atoms with Gasteiger partial charge in [0.1, 0.15) is 18.2 Å². The number of aryl methyl sites for hydroxylation is 1. The summed E-state index contributed by atoms with van der Waals surface area (Å²) in [6.07, 6.45) is 3.64. The Bertz CT molecular complexity index is 1750. The van der Waals surface area contributed by atoms with E-state index in [1.807, 2.05) is 48.5 Å². The largest absolute Gasteiger partial charge is 0.489 e. The summed E-state index contributed by atoms with van der Waals surface area (Å²) in [5.41, 5.74) is 3.02. The van der Waals surface area contributed by atoms with E-state index < -0.39 is 9.84 Å². The number of fused-ring (bicyclic) bond motifs is 1. The van der Waals surface area contributed by atoms with Crippen LogP contribution in [-0.4, -0.2) is 44.8 Å². The van der Waals surface area contributed by atoms with Crippen molar-refractivity contribution in [2.45, 2.75) is 44.2 Å². The minimum Gasteiger partial charge on any atom is -0.489 e. The van der Waals surface area contributed by atoms with Crippen LogP contribution in [0.4, 0.5) is 0 Å². The highest BCUT2D eigenvalue weighted by molar-refractivity contribution is 7.90. The van der Waals surface area contributed by atoms with Gasteiger partial charge in [-0.3, -0.25) is 9.36 Å². The van der Waals surface area contributed by atoms with E-state index in [0.29, 0.717) is 47.9 Å². The van der Waals surface area contributed by atoms with Crippen molar-refractivity contribution >= 4 is 20.7 Å². The first-order valence-corrected chi connectivity index (χ1v) is 14.5. The lowest BCUT2D eigenvalue weighted by atomic mass is 10.1. The van der Waals surface area contributed by atoms with E-state index >= 15 is 0 Å². The Morgan fingerprint density at radius 3 is 2.38 bits per heavy atom. The molecule has 39 heavy (non-hydrogen) atoms. The summed E-state index contributed by atoms with van der Waals surface area (Å²) in [5, 5.41) is 14.3. The van der Waals surface area contributed by atoms with Gasteiger partial charge in [0, 0.05) is 18.2 Å². The minimum atomic E-state index is -3.45. The molecule has 0 unspecified atom stereocenters. The molecule has 0 radical (unpaired) electrons. The van der Waals surface area contributed by atoms with Crippen LogP contribution in [0.1, 0.15) is 36.7 Å². The van der Waals surface area contributed by atoms with Gasteiger partial charge in [-0.15, -0.1) is 10.2 Å². The Balaban J connectivity index is 1.34. The van der Waals surface area contributed by atoms with Gasteiger partial charge in [-0.25, -0.2) is 13.4 Å². The van der Waals surface area contributed by atoms with Crippen LogP contribution in [-0.2, 0) is 29.4 Å². The SMILES string of the molecule is CCCCc1nc2ccc(S(C)(=O)=O)cc2c(=O)n1Cc1ccc(OCc2ccc(-c3nn[nH]n3)cc2)cc1. The number of hydrogen-bond donors (Lipinski definition) is 1. The molecular formula is C28H28N6O4S. The molecule has 0 aliphatic rings. The summed E-state index contributed by atoms with van der Waals surface area (Å²) >= 11 is 0. The van der Waals surface area contributed by atoms with Gasteiger partial charge in [-0.1, -0.05) is 49.7 Å². The van der Waals surface area contributed by atoms with Gasteiger partial charge in [-0.05, 0) is 53.1 Å². The number of nitrogens with zero attached hydrogens (tertiary/aromatic N) is 5. The molecular weight excluding hydrogens is 516 g/mol. The number of aromatic amines is 1. The molecule has 0 fully saturated rings. The van der Waals surface area contributed by atoms with Crippen molar-refractivity contribution < 1.29 is 13.2 Å². The monoisotopic (exact) mass is 544 g/mol. The number of hydrogen-bond acceptors (Lipinski definition) is 8. The average molecular weight is 545 g/mol. The molecule has 0 atom stereocenters. The van der Waals surface area contributed by atoms with Crippen molar-refractivity contribution in [3.05, 3.63) is 94.0 Å². The summed E-state index contributed by atoms with van der Waals surface area (Å²) < 4.78 is 31.7. The van der Waals surface area contributed by atoms with Gasteiger partial charge in [-0.2, -0.15) is 5.21 Å². The van der Waals surface area contributed by atoms with Crippen LogP contribution in [0, 0.1) is 0 Å². The molecule has 10 nitrogen and oxygen atoms in total. The molecule has 0 amide bonds. The van der Waals surface area contributed by atoms with Gasteiger partial charge in [0.2, 0.25) is 5.82 Å². The third-order valence-corrected chi connectivity index (χ3v) is 7.52. The predicted octanol–water partition coefficient (Wildman–Crippen LogP) is 3.95. The fourth-order valence-electron chi connectivity index (χ4n) is 4.24. The summed E-state index contributed by atoms with van der Waals surface area (Å²) in [5.74, 6) is 1.92. The lowest BCUT2D eigenvalue weighted by Crippen LogP contribution is -2.26. The van der Waals surface area contributed by atoms with Crippen molar-refractivity contribution in [3.63, 3.8) is 0 Å². The van der Waals surface area contributed by atoms with E-state index in [1.54, 1.807) is 10.6 Å². The second kappa shape index (κ2) is 11.2. The molecule has 2 heterocycles. The Morgan fingerprint density at radius 2 is 1.72 bits per heavy atom. The molecule has 200 valence electrons. The Kier molecular flexibility index (Phi) is 7.51. The van der Waals surface area contributed by atoms with Crippen molar-refractivity contribution in [3.8, 4) is 17.1 Å². The molecule has 0 bridgehead atoms. The van der Waals surface area contributed by atoms with E-state index in [1.165, 1.54) is 12.1 Å². The van der Waals surface area contributed by atoms with Crippen LogP contribution in [0.15, 0.2) is 76.4 Å². The second-order valence-corrected chi connectivity index (χ2v) is 11.4. The topological polar surface area (TPSA) is 133 Å². The molecule has 1 N–H and O–H groups in total. The molecule has 0 saturated carbocycles. The zero-order chi connectivity index (χ0) is 27.4. The van der Waals surface area contributed by atoms with Gasteiger partial charge in [0.25, 0.3) is 5.56 Å². The quantitative estimate of drug-likeness (QED) is 0.279.